The molecule has 0 bridgehead atoms. The van der Waals surface area contributed by atoms with E-state index in [9.17, 15) is 9.90 Å². The fourth-order valence-corrected chi connectivity index (χ4v) is 2.92. The summed E-state index contributed by atoms with van der Waals surface area (Å²) < 4.78 is 1.47. The van der Waals surface area contributed by atoms with Crippen LogP contribution in [0.1, 0.15) is 6.42 Å². The largest absolute Gasteiger partial charge is 0.391 e. The molecule has 0 aliphatic carbocycles. The van der Waals surface area contributed by atoms with Gasteiger partial charge in [-0.25, -0.2) is 0 Å². The molecule has 1 aliphatic rings. The Kier molecular flexibility index (Phi) is 3.08. The molecule has 2 rings (SSSR count). The summed E-state index contributed by atoms with van der Waals surface area (Å²) in [6.45, 7) is 0.333. The van der Waals surface area contributed by atoms with Crippen LogP contribution in [0.3, 0.4) is 0 Å². The lowest BCUT2D eigenvalue weighted by Crippen LogP contribution is -2.26. The number of anilines is 1. The zero-order valence-corrected chi connectivity index (χ0v) is 10.8. The normalized spacial score (nSPS) is 21.1. The van der Waals surface area contributed by atoms with Gasteiger partial charge in [0.2, 0.25) is 5.91 Å². The summed E-state index contributed by atoms with van der Waals surface area (Å²) in [7, 11) is 0. The van der Waals surface area contributed by atoms with E-state index in [1.165, 1.54) is 0 Å². The summed E-state index contributed by atoms with van der Waals surface area (Å²) in [6, 6.07) is 0. The van der Waals surface area contributed by atoms with Gasteiger partial charge in [0, 0.05) is 12.4 Å². The molecule has 1 atom stereocenters. The number of β-amino-alcohol motifs (C(OH)–C–C–N with tert-alkyl or cyclic N) is 1. The van der Waals surface area contributed by atoms with Crippen molar-refractivity contribution < 1.29 is 9.90 Å². The van der Waals surface area contributed by atoms with Crippen LogP contribution < -0.4 is 4.90 Å². The number of amides is 1. The maximum absolute atomic E-state index is 11.6. The summed E-state index contributed by atoms with van der Waals surface area (Å²) in [4.78, 5) is 17.1. The highest BCUT2D eigenvalue weighted by Crippen LogP contribution is 2.35. The standard InChI is InChI=1S/C9H8Br2N2O2/c10-6-2-12-3-7(11)9(6)13-4-5(14)1-8(13)15/h2-3,5,14H,1,4H2. The molecule has 2 heterocycles. The number of halogens is 2. The number of aliphatic hydroxyl groups is 1. The van der Waals surface area contributed by atoms with E-state index in [-0.39, 0.29) is 12.3 Å². The van der Waals surface area contributed by atoms with Crippen molar-refractivity contribution in [1.82, 2.24) is 4.98 Å². The summed E-state index contributed by atoms with van der Waals surface area (Å²) in [5, 5.41) is 9.40. The Balaban J connectivity index is 2.41. The van der Waals surface area contributed by atoms with Crippen LogP contribution in [0.4, 0.5) is 5.69 Å². The Hall–Kier alpha value is -0.460. The first-order valence-electron chi connectivity index (χ1n) is 4.37. The van der Waals surface area contributed by atoms with E-state index in [4.69, 9.17) is 0 Å². The molecule has 1 saturated heterocycles. The highest BCUT2D eigenvalue weighted by atomic mass is 79.9. The van der Waals surface area contributed by atoms with Crippen molar-refractivity contribution in [2.24, 2.45) is 0 Å². The van der Waals surface area contributed by atoms with Gasteiger partial charge in [0.05, 0.1) is 33.7 Å². The number of hydrogen-bond acceptors (Lipinski definition) is 3. The van der Waals surface area contributed by atoms with Crippen LogP contribution >= 0.6 is 31.9 Å². The predicted octanol–water partition coefficient (Wildman–Crippen LogP) is 1.70. The van der Waals surface area contributed by atoms with E-state index >= 15 is 0 Å². The molecule has 0 spiro atoms. The first kappa shape index (κ1) is 11.0. The Morgan fingerprint density at radius 3 is 2.47 bits per heavy atom. The van der Waals surface area contributed by atoms with Gasteiger partial charge in [0.1, 0.15) is 0 Å². The molecule has 1 fully saturated rings. The van der Waals surface area contributed by atoms with E-state index in [1.54, 1.807) is 17.3 Å². The number of carbonyl (C=O) groups is 1. The molecule has 6 heteroatoms. The number of hydrogen-bond donors (Lipinski definition) is 1. The van der Waals surface area contributed by atoms with Crippen LogP contribution in [-0.2, 0) is 4.79 Å². The van der Waals surface area contributed by atoms with Crippen molar-refractivity contribution in [3.05, 3.63) is 21.3 Å². The van der Waals surface area contributed by atoms with Gasteiger partial charge in [-0.2, -0.15) is 0 Å². The van der Waals surface area contributed by atoms with E-state index in [2.05, 4.69) is 36.8 Å². The highest BCUT2D eigenvalue weighted by Gasteiger charge is 2.31. The molecule has 1 aromatic heterocycles. The van der Waals surface area contributed by atoms with Crippen molar-refractivity contribution in [2.75, 3.05) is 11.4 Å². The molecule has 80 valence electrons. The molecule has 0 aromatic carbocycles. The van der Waals surface area contributed by atoms with Crippen LogP contribution in [-0.4, -0.2) is 28.6 Å². The van der Waals surface area contributed by atoms with Crippen LogP contribution in [0, 0.1) is 0 Å². The third kappa shape index (κ3) is 2.07. The molecule has 1 unspecified atom stereocenters. The highest BCUT2D eigenvalue weighted by molar-refractivity contribution is 9.11. The monoisotopic (exact) mass is 334 g/mol. The first-order chi connectivity index (χ1) is 7.09. The fraction of sp³-hybridized carbons (Fsp3) is 0.333. The zero-order valence-electron chi connectivity index (χ0n) is 7.65. The van der Waals surface area contributed by atoms with E-state index in [0.29, 0.717) is 6.54 Å². The Bertz CT molecular complexity index is 391. The third-order valence-electron chi connectivity index (χ3n) is 2.20. The zero-order chi connectivity index (χ0) is 11.0. The molecular weight excluding hydrogens is 328 g/mol. The molecule has 0 saturated carbocycles. The van der Waals surface area contributed by atoms with Crippen LogP contribution in [0.25, 0.3) is 0 Å². The quantitative estimate of drug-likeness (QED) is 0.850. The van der Waals surface area contributed by atoms with Gasteiger partial charge in [-0.3, -0.25) is 9.78 Å². The van der Waals surface area contributed by atoms with Crippen molar-refractivity contribution in [1.29, 1.82) is 0 Å². The average Bonchev–Trinajstić information content (AvgIpc) is 2.45. The molecule has 1 N–H and O–H groups in total. The second kappa shape index (κ2) is 4.19. The number of aromatic nitrogens is 1. The van der Waals surface area contributed by atoms with Crippen LogP contribution in [0.5, 0.6) is 0 Å². The molecule has 4 nitrogen and oxygen atoms in total. The lowest BCUT2D eigenvalue weighted by atomic mass is 10.3. The number of nitrogens with zero attached hydrogens (tertiary/aromatic N) is 2. The lowest BCUT2D eigenvalue weighted by molar-refractivity contribution is -0.117. The molecule has 1 amide bonds. The molecule has 1 aromatic rings. The summed E-state index contributed by atoms with van der Waals surface area (Å²) >= 11 is 6.67. The molecule has 15 heavy (non-hydrogen) atoms. The second-order valence-electron chi connectivity index (χ2n) is 3.31. The Labute approximate surface area is 104 Å². The third-order valence-corrected chi connectivity index (χ3v) is 3.36. The first-order valence-corrected chi connectivity index (χ1v) is 5.95. The molecular formula is C9H8Br2N2O2. The average molecular weight is 336 g/mol. The van der Waals surface area contributed by atoms with Gasteiger partial charge in [-0.05, 0) is 31.9 Å². The van der Waals surface area contributed by atoms with E-state index < -0.39 is 6.10 Å². The Morgan fingerprint density at radius 2 is 2.00 bits per heavy atom. The maximum atomic E-state index is 11.6. The minimum absolute atomic E-state index is 0.0740. The summed E-state index contributed by atoms with van der Waals surface area (Å²) in [6.07, 6.45) is 2.85. The summed E-state index contributed by atoms with van der Waals surface area (Å²) in [5.74, 6) is -0.0740. The minimum atomic E-state index is -0.579. The van der Waals surface area contributed by atoms with Gasteiger partial charge in [0.15, 0.2) is 0 Å². The molecule has 1 aliphatic heterocycles. The van der Waals surface area contributed by atoms with E-state index in [0.717, 1.165) is 14.6 Å². The fourth-order valence-electron chi connectivity index (χ4n) is 1.57. The van der Waals surface area contributed by atoms with Gasteiger partial charge in [-0.15, -0.1) is 0 Å². The number of pyridine rings is 1. The van der Waals surface area contributed by atoms with Crippen LogP contribution in [0.2, 0.25) is 0 Å². The van der Waals surface area contributed by atoms with Crippen molar-refractivity contribution in [2.45, 2.75) is 12.5 Å². The van der Waals surface area contributed by atoms with Crippen molar-refractivity contribution in [3.8, 4) is 0 Å². The maximum Gasteiger partial charge on any atom is 0.229 e. The van der Waals surface area contributed by atoms with Gasteiger partial charge in [0.25, 0.3) is 0 Å². The van der Waals surface area contributed by atoms with Crippen molar-refractivity contribution in [3.63, 3.8) is 0 Å². The predicted molar refractivity (Wildman–Crippen MR) is 62.6 cm³/mol. The Morgan fingerprint density at radius 1 is 1.40 bits per heavy atom. The van der Waals surface area contributed by atoms with Gasteiger partial charge < -0.3 is 10.0 Å². The number of aliphatic hydroxyl groups excluding tert-OH is 1. The van der Waals surface area contributed by atoms with Gasteiger partial charge in [-0.1, -0.05) is 0 Å². The van der Waals surface area contributed by atoms with Crippen LogP contribution in [0.15, 0.2) is 21.3 Å². The van der Waals surface area contributed by atoms with Gasteiger partial charge >= 0.3 is 0 Å². The number of rotatable bonds is 1. The lowest BCUT2D eigenvalue weighted by Gasteiger charge is -2.18. The van der Waals surface area contributed by atoms with Crippen molar-refractivity contribution >= 4 is 43.5 Å². The second-order valence-corrected chi connectivity index (χ2v) is 5.02. The summed E-state index contributed by atoms with van der Waals surface area (Å²) in [5.41, 5.74) is 0.728. The minimum Gasteiger partial charge on any atom is -0.391 e. The number of carbonyl (C=O) groups excluding carboxylic acids is 1. The van der Waals surface area contributed by atoms with E-state index in [1.807, 2.05) is 0 Å². The SMILES string of the molecule is O=C1CC(O)CN1c1c(Br)cncc1Br. The topological polar surface area (TPSA) is 53.4 Å². The smallest absolute Gasteiger partial charge is 0.229 e. The molecule has 0 radical (unpaired) electrons.